The fourth-order valence-electron chi connectivity index (χ4n) is 2.32. The van der Waals surface area contributed by atoms with Crippen molar-refractivity contribution in [2.75, 3.05) is 20.1 Å². The molecule has 1 amide bonds. The number of aliphatic carboxylic acids is 1. The average Bonchev–Trinajstić information content (AvgIpc) is 2.43. The first kappa shape index (κ1) is 13.5. The molecule has 1 aliphatic rings. The van der Waals surface area contributed by atoms with Crippen molar-refractivity contribution in [3.05, 3.63) is 35.4 Å². The van der Waals surface area contributed by atoms with Crippen LogP contribution in [-0.4, -0.2) is 42.0 Å². The number of carbonyl (C=O) groups excluding carboxylic acids is 1. The number of carboxylic acids is 1. The summed E-state index contributed by atoms with van der Waals surface area (Å²) in [4.78, 5) is 24.4. The third-order valence-electron chi connectivity index (χ3n) is 3.39. The number of hydrogen-bond acceptors (Lipinski definition) is 3. The van der Waals surface area contributed by atoms with Crippen LogP contribution >= 0.6 is 0 Å². The van der Waals surface area contributed by atoms with Gasteiger partial charge in [-0.1, -0.05) is 24.3 Å². The lowest BCUT2D eigenvalue weighted by atomic mass is 9.93. The zero-order chi connectivity index (χ0) is 13.8. The molecule has 1 aromatic carbocycles. The van der Waals surface area contributed by atoms with Crippen LogP contribution in [0.5, 0.6) is 0 Å². The Morgan fingerprint density at radius 3 is 2.89 bits per heavy atom. The summed E-state index contributed by atoms with van der Waals surface area (Å²) < 4.78 is 0. The molecule has 102 valence electrons. The highest BCUT2D eigenvalue weighted by Crippen LogP contribution is 2.24. The molecule has 0 radical (unpaired) electrons. The highest BCUT2D eigenvalue weighted by atomic mass is 16.4. The van der Waals surface area contributed by atoms with E-state index in [2.05, 4.69) is 5.32 Å². The molecular weight excluding hydrogens is 244 g/mol. The van der Waals surface area contributed by atoms with E-state index in [4.69, 9.17) is 5.11 Å². The molecule has 0 fully saturated rings. The van der Waals surface area contributed by atoms with E-state index >= 15 is 0 Å². The van der Waals surface area contributed by atoms with Crippen molar-refractivity contribution in [3.63, 3.8) is 0 Å². The molecule has 5 nitrogen and oxygen atoms in total. The van der Waals surface area contributed by atoms with Crippen molar-refractivity contribution in [2.24, 2.45) is 0 Å². The largest absolute Gasteiger partial charge is 0.481 e. The number of amides is 1. The van der Waals surface area contributed by atoms with Gasteiger partial charge in [0.15, 0.2) is 0 Å². The summed E-state index contributed by atoms with van der Waals surface area (Å²) in [5, 5.41) is 11.9. The topological polar surface area (TPSA) is 69.6 Å². The summed E-state index contributed by atoms with van der Waals surface area (Å²) in [5.41, 5.74) is 2.19. The first-order chi connectivity index (χ1) is 9.09. The van der Waals surface area contributed by atoms with E-state index in [9.17, 15) is 9.59 Å². The van der Waals surface area contributed by atoms with E-state index in [1.165, 1.54) is 10.5 Å². The maximum atomic E-state index is 12.3. The van der Waals surface area contributed by atoms with Gasteiger partial charge in [0.2, 0.25) is 5.91 Å². The van der Waals surface area contributed by atoms with Gasteiger partial charge >= 0.3 is 5.97 Å². The van der Waals surface area contributed by atoms with Crippen LogP contribution in [0.15, 0.2) is 24.3 Å². The minimum Gasteiger partial charge on any atom is -0.481 e. The Balaban J connectivity index is 2.10. The zero-order valence-electron chi connectivity index (χ0n) is 10.9. The molecule has 1 aromatic rings. The minimum absolute atomic E-state index is 0.0311. The fraction of sp³-hybridized carbons (Fsp3) is 0.429. The number of carboxylic acid groups (broad SMARTS) is 1. The first-order valence-corrected chi connectivity index (χ1v) is 6.37. The second-order valence-electron chi connectivity index (χ2n) is 4.74. The number of nitrogens with zero attached hydrogens (tertiary/aromatic N) is 1. The zero-order valence-corrected chi connectivity index (χ0v) is 10.9. The lowest BCUT2D eigenvalue weighted by Crippen LogP contribution is -2.42. The van der Waals surface area contributed by atoms with E-state index in [0.29, 0.717) is 0 Å². The van der Waals surface area contributed by atoms with E-state index in [1.54, 1.807) is 7.05 Å². The fourth-order valence-corrected chi connectivity index (χ4v) is 2.32. The van der Waals surface area contributed by atoms with Crippen LogP contribution < -0.4 is 5.32 Å². The molecule has 1 aliphatic heterocycles. The average molecular weight is 262 g/mol. The molecule has 5 heteroatoms. The predicted molar refractivity (Wildman–Crippen MR) is 70.8 cm³/mol. The number of likely N-dealkylation sites (N-methyl/N-ethyl adjacent to an activating group) is 1. The molecule has 0 aliphatic carbocycles. The molecular formula is C14H18N2O3. The minimum atomic E-state index is -0.892. The summed E-state index contributed by atoms with van der Waals surface area (Å²) in [6, 6.07) is 7.52. The number of rotatable bonds is 4. The summed E-state index contributed by atoms with van der Waals surface area (Å²) >= 11 is 0. The van der Waals surface area contributed by atoms with Gasteiger partial charge in [0, 0.05) is 20.1 Å². The molecule has 1 heterocycles. The van der Waals surface area contributed by atoms with Gasteiger partial charge in [-0.05, 0) is 17.5 Å². The maximum Gasteiger partial charge on any atom is 0.305 e. The Bertz CT molecular complexity index is 487. The molecule has 19 heavy (non-hydrogen) atoms. The van der Waals surface area contributed by atoms with Crippen molar-refractivity contribution < 1.29 is 14.7 Å². The highest BCUT2D eigenvalue weighted by Gasteiger charge is 2.27. The standard InChI is InChI=1S/C14H18N2O3/c1-16(9-7-12(17)18)14(19)13-11-5-3-2-4-10(11)6-8-15-13/h2-5,13,15H,6-9H2,1H3,(H,17,18). The number of hydrogen-bond donors (Lipinski definition) is 2. The van der Waals surface area contributed by atoms with Crippen molar-refractivity contribution in [1.29, 1.82) is 0 Å². The molecule has 0 saturated heterocycles. The molecule has 1 unspecified atom stereocenters. The second-order valence-corrected chi connectivity index (χ2v) is 4.74. The number of nitrogens with one attached hydrogen (secondary N) is 1. The van der Waals surface area contributed by atoms with Gasteiger partial charge in [0.25, 0.3) is 0 Å². The van der Waals surface area contributed by atoms with Gasteiger partial charge in [0.05, 0.1) is 6.42 Å². The number of fused-ring (bicyclic) bond motifs is 1. The van der Waals surface area contributed by atoms with Crippen LogP contribution in [-0.2, 0) is 16.0 Å². The van der Waals surface area contributed by atoms with E-state index < -0.39 is 5.97 Å². The molecule has 0 bridgehead atoms. The van der Waals surface area contributed by atoms with E-state index in [-0.39, 0.29) is 24.9 Å². The van der Waals surface area contributed by atoms with Crippen molar-refractivity contribution >= 4 is 11.9 Å². The lowest BCUT2D eigenvalue weighted by molar-refractivity contribution is -0.138. The second kappa shape index (κ2) is 5.84. The third kappa shape index (κ3) is 3.12. The Kier molecular flexibility index (Phi) is 4.16. The number of carbonyl (C=O) groups is 2. The van der Waals surface area contributed by atoms with Crippen molar-refractivity contribution in [3.8, 4) is 0 Å². The van der Waals surface area contributed by atoms with Crippen molar-refractivity contribution in [2.45, 2.75) is 18.9 Å². The van der Waals surface area contributed by atoms with E-state index in [1.807, 2.05) is 24.3 Å². The first-order valence-electron chi connectivity index (χ1n) is 6.37. The monoisotopic (exact) mass is 262 g/mol. The van der Waals surface area contributed by atoms with Crippen LogP contribution in [0.2, 0.25) is 0 Å². The van der Waals surface area contributed by atoms with Gasteiger partial charge in [-0.25, -0.2) is 0 Å². The Labute approximate surface area is 112 Å². The Hall–Kier alpha value is -1.88. The Morgan fingerprint density at radius 2 is 2.16 bits per heavy atom. The smallest absolute Gasteiger partial charge is 0.305 e. The predicted octanol–water partition coefficient (Wildman–Crippen LogP) is 0.806. The van der Waals surface area contributed by atoms with Crippen LogP contribution in [0.1, 0.15) is 23.6 Å². The summed E-state index contributed by atoms with van der Waals surface area (Å²) in [6.07, 6.45) is 0.884. The molecule has 2 rings (SSSR count). The molecule has 0 saturated carbocycles. The van der Waals surface area contributed by atoms with Gasteiger partial charge < -0.3 is 15.3 Å². The van der Waals surface area contributed by atoms with Crippen molar-refractivity contribution in [1.82, 2.24) is 10.2 Å². The van der Waals surface area contributed by atoms with Gasteiger partial charge in [-0.2, -0.15) is 0 Å². The summed E-state index contributed by atoms with van der Waals surface area (Å²) in [6.45, 7) is 0.995. The lowest BCUT2D eigenvalue weighted by Gasteiger charge is -2.29. The maximum absolute atomic E-state index is 12.3. The molecule has 0 spiro atoms. The third-order valence-corrected chi connectivity index (χ3v) is 3.39. The number of benzene rings is 1. The van der Waals surface area contributed by atoms with Gasteiger partial charge in [-0.3, -0.25) is 9.59 Å². The summed E-state index contributed by atoms with van der Waals surface area (Å²) in [5.74, 6) is -0.968. The highest BCUT2D eigenvalue weighted by molar-refractivity contribution is 5.84. The quantitative estimate of drug-likeness (QED) is 0.842. The van der Waals surface area contributed by atoms with Crippen LogP contribution in [0.3, 0.4) is 0 Å². The Morgan fingerprint density at radius 1 is 1.42 bits per heavy atom. The van der Waals surface area contributed by atoms with Gasteiger partial charge in [0.1, 0.15) is 6.04 Å². The molecule has 2 N–H and O–H groups in total. The van der Waals surface area contributed by atoms with Crippen LogP contribution in [0.25, 0.3) is 0 Å². The summed E-state index contributed by atoms with van der Waals surface area (Å²) in [7, 11) is 1.64. The molecule has 1 atom stereocenters. The van der Waals surface area contributed by atoms with Crippen LogP contribution in [0.4, 0.5) is 0 Å². The van der Waals surface area contributed by atoms with E-state index in [0.717, 1.165) is 18.5 Å². The molecule has 0 aromatic heterocycles. The normalized spacial score (nSPS) is 17.6. The SMILES string of the molecule is CN(CCC(=O)O)C(=O)C1NCCc2ccccc21. The van der Waals surface area contributed by atoms with Crippen LogP contribution in [0, 0.1) is 0 Å². The van der Waals surface area contributed by atoms with Gasteiger partial charge in [-0.15, -0.1) is 0 Å².